The lowest BCUT2D eigenvalue weighted by molar-refractivity contribution is 0.302. The lowest BCUT2D eigenvalue weighted by atomic mass is 9.84. The molecule has 0 saturated heterocycles. The smallest absolute Gasteiger partial charge is 0.0299 e. The molecule has 0 aliphatic heterocycles. The molecule has 2 nitrogen and oxygen atoms in total. The Balaban J connectivity index is 2.15. The largest absolute Gasteiger partial charge is 0.330 e. The van der Waals surface area contributed by atoms with E-state index in [-0.39, 0.29) is 0 Å². The molecule has 0 atom stereocenters. The fourth-order valence-electron chi connectivity index (χ4n) is 2.16. The molecule has 18 heavy (non-hydrogen) atoms. The fraction of sp³-hybridized carbons (Fsp3) is 0.733. The molecule has 1 heterocycles. The summed E-state index contributed by atoms with van der Waals surface area (Å²) in [6, 6.07) is 2.30. The van der Waals surface area contributed by atoms with E-state index in [0.717, 1.165) is 26.1 Å². The third kappa shape index (κ3) is 5.51. The van der Waals surface area contributed by atoms with Crippen molar-refractivity contribution in [2.45, 2.75) is 53.5 Å². The van der Waals surface area contributed by atoms with Crippen molar-refractivity contribution in [3.63, 3.8) is 0 Å². The summed E-state index contributed by atoms with van der Waals surface area (Å²) >= 11 is 1.91. The van der Waals surface area contributed by atoms with Crippen LogP contribution in [0.2, 0.25) is 0 Å². The predicted octanol–water partition coefficient (Wildman–Crippen LogP) is 3.61. The molecule has 1 rings (SSSR count). The molecule has 3 heteroatoms. The van der Waals surface area contributed by atoms with E-state index in [0.29, 0.717) is 5.41 Å². The zero-order valence-corrected chi connectivity index (χ0v) is 13.1. The average molecular weight is 268 g/mol. The van der Waals surface area contributed by atoms with Crippen molar-refractivity contribution in [2.24, 2.45) is 11.1 Å². The molecule has 0 aliphatic carbocycles. The van der Waals surface area contributed by atoms with E-state index in [9.17, 15) is 0 Å². The predicted molar refractivity (Wildman–Crippen MR) is 82.2 cm³/mol. The molecule has 0 aromatic carbocycles. The van der Waals surface area contributed by atoms with Gasteiger partial charge in [0.25, 0.3) is 0 Å². The number of thiophene rings is 1. The minimum absolute atomic E-state index is 0.395. The van der Waals surface area contributed by atoms with Crippen molar-refractivity contribution in [2.75, 3.05) is 13.1 Å². The molecular weight excluding hydrogens is 240 g/mol. The normalized spacial score (nSPS) is 12.1. The monoisotopic (exact) mass is 268 g/mol. The topological polar surface area (TPSA) is 38.0 Å². The van der Waals surface area contributed by atoms with Gasteiger partial charge in [-0.3, -0.25) is 0 Å². The minimum Gasteiger partial charge on any atom is -0.330 e. The minimum atomic E-state index is 0.395. The van der Waals surface area contributed by atoms with Gasteiger partial charge in [0.2, 0.25) is 0 Å². The van der Waals surface area contributed by atoms with Gasteiger partial charge in [0, 0.05) is 16.3 Å². The number of hydrogen-bond acceptors (Lipinski definition) is 3. The maximum absolute atomic E-state index is 5.62. The van der Waals surface area contributed by atoms with Gasteiger partial charge in [-0.1, -0.05) is 13.8 Å². The number of aryl methyl sites for hydroxylation is 2. The first-order chi connectivity index (χ1) is 8.44. The van der Waals surface area contributed by atoms with Gasteiger partial charge in [-0.15, -0.1) is 11.3 Å². The third-order valence-electron chi connectivity index (χ3n) is 3.54. The van der Waals surface area contributed by atoms with Gasteiger partial charge in [-0.25, -0.2) is 0 Å². The average Bonchev–Trinajstić information content (AvgIpc) is 2.57. The summed E-state index contributed by atoms with van der Waals surface area (Å²) in [5.41, 5.74) is 7.44. The Hall–Kier alpha value is -0.380. The van der Waals surface area contributed by atoms with Crippen LogP contribution in [0, 0.1) is 19.3 Å². The van der Waals surface area contributed by atoms with Crippen LogP contribution in [0.15, 0.2) is 6.07 Å². The van der Waals surface area contributed by atoms with Crippen LogP contribution in [-0.4, -0.2) is 13.1 Å². The fourth-order valence-corrected chi connectivity index (χ4v) is 3.18. The molecule has 1 aromatic heterocycles. The second kappa shape index (κ2) is 7.27. The van der Waals surface area contributed by atoms with Gasteiger partial charge in [0.05, 0.1) is 0 Å². The van der Waals surface area contributed by atoms with Gasteiger partial charge in [-0.2, -0.15) is 0 Å². The van der Waals surface area contributed by atoms with E-state index in [4.69, 9.17) is 5.73 Å². The summed E-state index contributed by atoms with van der Waals surface area (Å²) in [6.07, 6.45) is 3.60. The Bertz CT molecular complexity index is 336. The molecule has 3 N–H and O–H groups in total. The van der Waals surface area contributed by atoms with E-state index >= 15 is 0 Å². The standard InChI is InChI=1S/C15H28N2S/c1-12-10-14(18-13(12)2)11-17-9-5-6-15(3,4)7-8-16/h10,17H,5-9,11,16H2,1-4H3. The number of nitrogens with two attached hydrogens (primary N) is 1. The molecule has 0 radical (unpaired) electrons. The summed E-state index contributed by atoms with van der Waals surface area (Å²) in [5.74, 6) is 0. The van der Waals surface area contributed by atoms with Crippen molar-refractivity contribution in [3.8, 4) is 0 Å². The molecule has 104 valence electrons. The van der Waals surface area contributed by atoms with Gasteiger partial charge < -0.3 is 11.1 Å². The molecule has 0 spiro atoms. The Morgan fingerprint density at radius 2 is 2.00 bits per heavy atom. The first kappa shape index (κ1) is 15.7. The van der Waals surface area contributed by atoms with Crippen molar-refractivity contribution in [1.82, 2.24) is 5.32 Å². The number of hydrogen-bond donors (Lipinski definition) is 2. The molecule has 0 amide bonds. The van der Waals surface area contributed by atoms with E-state index in [1.165, 1.54) is 28.2 Å². The molecule has 0 saturated carbocycles. The van der Waals surface area contributed by atoms with Crippen molar-refractivity contribution in [3.05, 3.63) is 21.4 Å². The third-order valence-corrected chi connectivity index (χ3v) is 4.70. The molecule has 0 fully saturated rings. The zero-order valence-electron chi connectivity index (χ0n) is 12.3. The van der Waals surface area contributed by atoms with Crippen molar-refractivity contribution in [1.29, 1.82) is 0 Å². The van der Waals surface area contributed by atoms with Gasteiger partial charge in [-0.05, 0) is 63.2 Å². The second-order valence-corrected chi connectivity index (χ2v) is 7.28. The van der Waals surface area contributed by atoms with Crippen LogP contribution in [0.25, 0.3) is 0 Å². The van der Waals surface area contributed by atoms with Crippen LogP contribution < -0.4 is 11.1 Å². The summed E-state index contributed by atoms with van der Waals surface area (Å²) < 4.78 is 0. The summed E-state index contributed by atoms with van der Waals surface area (Å²) in [4.78, 5) is 2.89. The lowest BCUT2D eigenvalue weighted by Crippen LogP contribution is -2.20. The van der Waals surface area contributed by atoms with Crippen molar-refractivity contribution < 1.29 is 0 Å². The zero-order chi connectivity index (χ0) is 13.6. The van der Waals surface area contributed by atoms with E-state index in [1.807, 2.05) is 11.3 Å². The van der Waals surface area contributed by atoms with Crippen LogP contribution >= 0.6 is 11.3 Å². The van der Waals surface area contributed by atoms with Crippen LogP contribution in [0.5, 0.6) is 0 Å². The maximum Gasteiger partial charge on any atom is 0.0299 e. The summed E-state index contributed by atoms with van der Waals surface area (Å²) in [7, 11) is 0. The Morgan fingerprint density at radius 3 is 2.56 bits per heavy atom. The van der Waals surface area contributed by atoms with Gasteiger partial charge in [0.1, 0.15) is 0 Å². The quantitative estimate of drug-likeness (QED) is 0.707. The van der Waals surface area contributed by atoms with Crippen molar-refractivity contribution >= 4 is 11.3 Å². The highest BCUT2D eigenvalue weighted by atomic mass is 32.1. The molecular formula is C15H28N2S. The Labute approximate surface area is 116 Å². The summed E-state index contributed by atoms with van der Waals surface area (Å²) in [5, 5.41) is 3.54. The van der Waals surface area contributed by atoms with Crippen LogP contribution in [0.3, 0.4) is 0 Å². The van der Waals surface area contributed by atoms with Crippen LogP contribution in [-0.2, 0) is 6.54 Å². The Kier molecular flexibility index (Phi) is 6.33. The highest BCUT2D eigenvalue weighted by Gasteiger charge is 2.15. The second-order valence-electron chi connectivity index (χ2n) is 5.94. The van der Waals surface area contributed by atoms with Gasteiger partial charge >= 0.3 is 0 Å². The molecule has 0 unspecified atom stereocenters. The number of rotatable bonds is 8. The molecule has 0 bridgehead atoms. The SMILES string of the molecule is Cc1cc(CNCCCC(C)(C)CCN)sc1C. The summed E-state index contributed by atoms with van der Waals surface area (Å²) in [6.45, 7) is 11.9. The van der Waals surface area contributed by atoms with Gasteiger partial charge in [0.15, 0.2) is 0 Å². The first-order valence-electron chi connectivity index (χ1n) is 6.91. The van der Waals surface area contributed by atoms with E-state index < -0.39 is 0 Å². The highest BCUT2D eigenvalue weighted by molar-refractivity contribution is 7.12. The number of nitrogens with one attached hydrogen (secondary N) is 1. The van der Waals surface area contributed by atoms with E-state index in [2.05, 4.69) is 39.1 Å². The molecule has 0 aliphatic rings. The maximum atomic E-state index is 5.62. The highest BCUT2D eigenvalue weighted by Crippen LogP contribution is 2.25. The van der Waals surface area contributed by atoms with E-state index in [1.54, 1.807) is 0 Å². The first-order valence-corrected chi connectivity index (χ1v) is 7.73. The molecule has 1 aromatic rings. The van der Waals surface area contributed by atoms with Crippen LogP contribution in [0.4, 0.5) is 0 Å². The van der Waals surface area contributed by atoms with Crippen LogP contribution in [0.1, 0.15) is 48.4 Å². The lowest BCUT2D eigenvalue weighted by Gasteiger charge is -2.23. The Morgan fingerprint density at radius 1 is 1.28 bits per heavy atom.